The van der Waals surface area contributed by atoms with Gasteiger partial charge in [0.2, 0.25) is 0 Å². The highest BCUT2D eigenvalue weighted by Crippen LogP contribution is 2.46. The summed E-state index contributed by atoms with van der Waals surface area (Å²) < 4.78 is 5.66. The summed E-state index contributed by atoms with van der Waals surface area (Å²) in [6.07, 6.45) is 8.76. The van der Waals surface area contributed by atoms with E-state index in [2.05, 4.69) is 46.9 Å². The molecule has 1 saturated carbocycles. The van der Waals surface area contributed by atoms with Crippen LogP contribution in [-0.4, -0.2) is 42.7 Å². The van der Waals surface area contributed by atoms with Crippen molar-refractivity contribution in [2.45, 2.75) is 43.6 Å². The second kappa shape index (κ2) is 7.03. The highest BCUT2D eigenvalue weighted by Gasteiger charge is 2.51. The molecule has 28 heavy (non-hydrogen) atoms. The second-order valence-electron chi connectivity index (χ2n) is 8.43. The largest absolute Gasteiger partial charge is 0.414 e. The number of nitrogens with zero attached hydrogens (tertiary/aromatic N) is 1. The number of carbonyl (C=O) groups is 1. The van der Waals surface area contributed by atoms with Crippen molar-refractivity contribution < 1.29 is 9.53 Å². The Kier molecular flexibility index (Phi) is 4.50. The number of ether oxygens (including phenoxy) is 1. The predicted octanol–water partition coefficient (Wildman–Crippen LogP) is 2.05. The molecule has 6 unspecified atom stereocenters. The Hall–Kier alpha value is -2.15. The molecule has 1 amide bonds. The lowest BCUT2D eigenvalue weighted by Crippen LogP contribution is -2.43. The number of alkyl carbamates (subject to hydrolysis) is 1. The Morgan fingerprint density at radius 3 is 3.07 bits per heavy atom. The van der Waals surface area contributed by atoms with Gasteiger partial charge in [-0.25, -0.2) is 4.79 Å². The molecule has 2 aliphatic carbocycles. The van der Waals surface area contributed by atoms with Gasteiger partial charge in [-0.1, -0.05) is 30.3 Å². The fourth-order valence-electron chi connectivity index (χ4n) is 5.67. The van der Waals surface area contributed by atoms with E-state index >= 15 is 0 Å². The summed E-state index contributed by atoms with van der Waals surface area (Å²) in [5.41, 5.74) is 8.71. The van der Waals surface area contributed by atoms with Crippen LogP contribution in [0.2, 0.25) is 0 Å². The molecule has 0 aromatic heterocycles. The number of nitrogens with two attached hydrogens (primary N) is 1. The zero-order valence-electron chi connectivity index (χ0n) is 16.2. The average Bonchev–Trinajstić information content (AvgIpc) is 3.21. The molecule has 6 nitrogen and oxygen atoms in total. The van der Waals surface area contributed by atoms with Gasteiger partial charge in [0.1, 0.15) is 11.9 Å². The van der Waals surface area contributed by atoms with Gasteiger partial charge in [0.25, 0.3) is 0 Å². The van der Waals surface area contributed by atoms with Crippen molar-refractivity contribution in [3.05, 3.63) is 59.4 Å². The molecule has 0 bridgehead atoms. The number of amides is 1. The maximum atomic E-state index is 12.5. The van der Waals surface area contributed by atoms with E-state index in [-0.39, 0.29) is 12.2 Å². The maximum Gasteiger partial charge on any atom is 0.414 e. The zero-order chi connectivity index (χ0) is 19.3. The van der Waals surface area contributed by atoms with Crippen molar-refractivity contribution in [3.8, 4) is 0 Å². The second-order valence-corrected chi connectivity index (χ2v) is 8.43. The monoisotopic (exact) mass is 380 g/mol. The molecule has 5 rings (SSSR count). The van der Waals surface area contributed by atoms with Crippen molar-refractivity contribution in [1.82, 2.24) is 15.5 Å². The van der Waals surface area contributed by atoms with Gasteiger partial charge in [0.05, 0.1) is 0 Å². The first-order chi connectivity index (χ1) is 13.6. The predicted molar refractivity (Wildman–Crippen MR) is 107 cm³/mol. The van der Waals surface area contributed by atoms with E-state index in [1.54, 1.807) is 0 Å². The van der Waals surface area contributed by atoms with Crippen LogP contribution in [0.25, 0.3) is 0 Å². The van der Waals surface area contributed by atoms with E-state index in [1.807, 2.05) is 18.2 Å². The molecule has 0 radical (unpaired) electrons. The van der Waals surface area contributed by atoms with E-state index in [0.29, 0.717) is 29.7 Å². The highest BCUT2D eigenvalue weighted by molar-refractivity contribution is 5.70. The van der Waals surface area contributed by atoms with Crippen molar-refractivity contribution in [2.75, 3.05) is 13.6 Å². The summed E-state index contributed by atoms with van der Waals surface area (Å²) in [5.74, 6) is 1.55. The number of hydrogen-bond donors (Lipinski definition) is 3. The molecule has 2 aliphatic heterocycles. The van der Waals surface area contributed by atoms with Gasteiger partial charge in [-0.05, 0) is 55.5 Å². The molecule has 4 aliphatic rings. The third-order valence-electron chi connectivity index (χ3n) is 6.94. The molecule has 4 N–H and O–H groups in total. The van der Waals surface area contributed by atoms with E-state index < -0.39 is 6.09 Å². The van der Waals surface area contributed by atoms with Gasteiger partial charge in [0, 0.05) is 30.6 Å². The van der Waals surface area contributed by atoms with Crippen molar-refractivity contribution >= 4 is 6.09 Å². The van der Waals surface area contributed by atoms with Crippen LogP contribution in [0, 0.1) is 11.8 Å². The lowest BCUT2D eigenvalue weighted by atomic mass is 9.85. The number of likely N-dealkylation sites (tertiary alicyclic amines) is 1. The third kappa shape index (κ3) is 2.96. The minimum Gasteiger partial charge on any atom is -0.411 e. The number of likely N-dealkylation sites (N-methyl/N-ethyl adjacent to an activating group) is 1. The van der Waals surface area contributed by atoms with Gasteiger partial charge in [-0.3, -0.25) is 10.2 Å². The normalized spacial score (nSPS) is 36.3. The maximum absolute atomic E-state index is 12.5. The SMILES string of the molecule is CN1C2C=CC(OC(=O)NC3NCCc4ccccc43)=CC2C2CCC(N)C21. The minimum atomic E-state index is -0.422. The summed E-state index contributed by atoms with van der Waals surface area (Å²) in [5, 5.41) is 6.32. The number of hydrogen-bond acceptors (Lipinski definition) is 5. The van der Waals surface area contributed by atoms with Crippen molar-refractivity contribution in [1.29, 1.82) is 0 Å². The number of fused-ring (bicyclic) bond motifs is 4. The highest BCUT2D eigenvalue weighted by atomic mass is 16.6. The average molecular weight is 380 g/mol. The van der Waals surface area contributed by atoms with Crippen LogP contribution < -0.4 is 16.4 Å². The van der Waals surface area contributed by atoms with Crippen LogP contribution in [0.15, 0.2) is 48.3 Å². The van der Waals surface area contributed by atoms with Gasteiger partial charge in [-0.2, -0.15) is 0 Å². The number of allylic oxidation sites excluding steroid dienone is 1. The van der Waals surface area contributed by atoms with E-state index in [1.165, 1.54) is 5.56 Å². The molecule has 6 heteroatoms. The Morgan fingerprint density at radius 2 is 2.18 bits per heavy atom. The van der Waals surface area contributed by atoms with Crippen LogP contribution in [0.1, 0.15) is 30.1 Å². The van der Waals surface area contributed by atoms with Crippen molar-refractivity contribution in [2.24, 2.45) is 17.6 Å². The van der Waals surface area contributed by atoms with Crippen LogP contribution in [-0.2, 0) is 11.2 Å². The molecular formula is C22H28N4O2. The first-order valence-corrected chi connectivity index (χ1v) is 10.3. The summed E-state index contributed by atoms with van der Waals surface area (Å²) >= 11 is 0. The lowest BCUT2D eigenvalue weighted by Gasteiger charge is -2.29. The fraction of sp³-hybridized carbons (Fsp3) is 0.500. The van der Waals surface area contributed by atoms with Gasteiger partial charge in [0.15, 0.2) is 0 Å². The fourth-order valence-corrected chi connectivity index (χ4v) is 5.67. The number of nitrogens with one attached hydrogen (secondary N) is 2. The third-order valence-corrected chi connectivity index (χ3v) is 6.94. The van der Waals surface area contributed by atoms with Crippen LogP contribution >= 0.6 is 0 Å². The van der Waals surface area contributed by atoms with Crippen LogP contribution in [0.5, 0.6) is 0 Å². The van der Waals surface area contributed by atoms with Crippen molar-refractivity contribution in [3.63, 3.8) is 0 Å². The summed E-state index contributed by atoms with van der Waals surface area (Å²) in [4.78, 5) is 14.9. The molecule has 1 aromatic rings. The Balaban J connectivity index is 1.27. The summed E-state index contributed by atoms with van der Waals surface area (Å²) in [6, 6.07) is 9.21. The van der Waals surface area contributed by atoms with Gasteiger partial charge < -0.3 is 15.8 Å². The Bertz CT molecular complexity index is 836. The van der Waals surface area contributed by atoms with Gasteiger partial charge in [-0.15, -0.1) is 0 Å². The number of benzene rings is 1. The lowest BCUT2D eigenvalue weighted by molar-refractivity contribution is 0.169. The zero-order valence-corrected chi connectivity index (χ0v) is 16.2. The molecule has 2 heterocycles. The van der Waals surface area contributed by atoms with E-state index in [9.17, 15) is 4.79 Å². The van der Waals surface area contributed by atoms with Crippen LogP contribution in [0.4, 0.5) is 4.79 Å². The Labute approximate surface area is 165 Å². The molecule has 1 aromatic carbocycles. The minimum absolute atomic E-state index is 0.215. The summed E-state index contributed by atoms with van der Waals surface area (Å²) in [7, 11) is 2.16. The Morgan fingerprint density at radius 1 is 1.32 bits per heavy atom. The van der Waals surface area contributed by atoms with Crippen LogP contribution in [0.3, 0.4) is 0 Å². The standard InChI is InChI=1S/C22H28N4O2/c1-26-19-9-6-14(12-17(19)16-7-8-18(23)20(16)26)28-22(27)25-21-15-5-3-2-4-13(15)10-11-24-21/h2-6,9,12,16-21,24H,7-8,10-11,23H2,1H3,(H,25,27). The molecular weight excluding hydrogens is 352 g/mol. The first-order valence-electron chi connectivity index (χ1n) is 10.3. The molecule has 6 atom stereocenters. The number of rotatable bonds is 2. The van der Waals surface area contributed by atoms with Gasteiger partial charge >= 0.3 is 6.09 Å². The summed E-state index contributed by atoms with van der Waals surface area (Å²) in [6.45, 7) is 0.837. The molecule has 148 valence electrons. The quantitative estimate of drug-likeness (QED) is 0.732. The van der Waals surface area contributed by atoms with E-state index in [0.717, 1.165) is 31.4 Å². The molecule has 1 saturated heterocycles. The molecule has 2 fully saturated rings. The first kappa shape index (κ1) is 17.9. The topological polar surface area (TPSA) is 79.6 Å². The number of carbonyl (C=O) groups excluding carboxylic acids is 1. The molecule has 0 spiro atoms. The van der Waals surface area contributed by atoms with E-state index in [4.69, 9.17) is 10.5 Å². The smallest absolute Gasteiger partial charge is 0.411 e.